The van der Waals surface area contributed by atoms with Crippen LogP contribution in [0.4, 0.5) is 10.5 Å². The Balaban J connectivity index is 1.74. The number of methoxy groups -OCH3 is 1. The zero-order chi connectivity index (χ0) is 28.6. The maximum absolute atomic E-state index is 12.5. The standard InChI is InChI=1S/C26H34N4O7S2/c1-18-24(38-39-26(2,3)4)22(16-36-25(32)37-21-8-6-20(7-9-21)30(33)34)19(14-27-18)15-28-10-12-29(13-11-28)23(31)17-35-5/h6-9,14H,10-13,15-17H2,1-5H3. The summed E-state index contributed by atoms with van der Waals surface area (Å²) in [6.07, 6.45) is 0.901. The van der Waals surface area contributed by atoms with Gasteiger partial charge in [-0.3, -0.25) is 24.8 Å². The Morgan fingerprint density at radius 2 is 1.79 bits per heavy atom. The van der Waals surface area contributed by atoms with E-state index in [4.69, 9.17) is 14.2 Å². The van der Waals surface area contributed by atoms with Crippen LogP contribution in [0.1, 0.15) is 37.6 Å². The number of non-ortho nitro benzene ring substituents is 1. The van der Waals surface area contributed by atoms with E-state index < -0.39 is 11.1 Å². The van der Waals surface area contributed by atoms with Crippen molar-refractivity contribution in [3.63, 3.8) is 0 Å². The molecule has 0 aliphatic carbocycles. The molecule has 2 aromatic rings. The number of nitro groups is 1. The highest BCUT2D eigenvalue weighted by molar-refractivity contribution is 8.77. The second-order valence-electron chi connectivity index (χ2n) is 9.94. The number of pyridine rings is 1. The lowest BCUT2D eigenvalue weighted by atomic mass is 10.1. The minimum atomic E-state index is -0.908. The largest absolute Gasteiger partial charge is 0.514 e. The van der Waals surface area contributed by atoms with Crippen LogP contribution in [-0.4, -0.2) is 76.4 Å². The third-order valence-electron chi connectivity index (χ3n) is 5.75. The van der Waals surface area contributed by atoms with Crippen molar-refractivity contribution in [1.29, 1.82) is 0 Å². The number of piperazine rings is 1. The van der Waals surface area contributed by atoms with Gasteiger partial charge in [0.15, 0.2) is 0 Å². The van der Waals surface area contributed by atoms with Crippen LogP contribution in [0.3, 0.4) is 0 Å². The summed E-state index contributed by atoms with van der Waals surface area (Å²) in [6.45, 7) is 11.5. The molecule has 0 radical (unpaired) electrons. The number of carbonyl (C=O) groups is 2. The Morgan fingerprint density at radius 1 is 1.13 bits per heavy atom. The fraction of sp³-hybridized carbons (Fsp3) is 0.500. The molecule has 0 saturated carbocycles. The molecule has 0 atom stereocenters. The molecule has 1 aliphatic heterocycles. The van der Waals surface area contributed by atoms with Gasteiger partial charge in [-0.15, -0.1) is 0 Å². The Labute approximate surface area is 236 Å². The summed E-state index contributed by atoms with van der Waals surface area (Å²) in [6, 6.07) is 5.21. The summed E-state index contributed by atoms with van der Waals surface area (Å²) in [5.74, 6) is 0.128. The van der Waals surface area contributed by atoms with Crippen LogP contribution in [0.25, 0.3) is 0 Å². The molecular weight excluding hydrogens is 544 g/mol. The van der Waals surface area contributed by atoms with Crippen LogP contribution < -0.4 is 4.74 Å². The first-order valence-electron chi connectivity index (χ1n) is 12.4. The number of nitro benzene ring substituents is 1. The van der Waals surface area contributed by atoms with Gasteiger partial charge in [-0.2, -0.15) is 0 Å². The number of amides is 1. The van der Waals surface area contributed by atoms with Crippen LogP contribution >= 0.6 is 21.6 Å². The Morgan fingerprint density at radius 3 is 2.38 bits per heavy atom. The molecule has 39 heavy (non-hydrogen) atoms. The van der Waals surface area contributed by atoms with Crippen LogP contribution in [0.2, 0.25) is 0 Å². The third-order valence-corrected chi connectivity index (χ3v) is 9.29. The van der Waals surface area contributed by atoms with Gasteiger partial charge in [0.1, 0.15) is 19.0 Å². The van der Waals surface area contributed by atoms with Crippen molar-refractivity contribution in [2.24, 2.45) is 0 Å². The Bertz CT molecular complexity index is 1160. The van der Waals surface area contributed by atoms with E-state index in [1.54, 1.807) is 26.5 Å². The molecule has 0 unspecified atom stereocenters. The number of benzene rings is 1. The molecule has 212 valence electrons. The fourth-order valence-electron chi connectivity index (χ4n) is 3.75. The van der Waals surface area contributed by atoms with Gasteiger partial charge in [0.2, 0.25) is 5.91 Å². The average molecular weight is 579 g/mol. The minimum absolute atomic E-state index is 0.00877. The van der Waals surface area contributed by atoms with E-state index in [0.29, 0.717) is 32.7 Å². The number of nitrogens with zero attached hydrogens (tertiary/aromatic N) is 4. The van der Waals surface area contributed by atoms with Crippen molar-refractivity contribution in [3.05, 3.63) is 57.4 Å². The van der Waals surface area contributed by atoms with Crippen molar-refractivity contribution in [2.75, 3.05) is 39.9 Å². The maximum atomic E-state index is 12.5. The van der Waals surface area contributed by atoms with Crippen LogP contribution in [-0.2, 0) is 27.4 Å². The summed E-state index contributed by atoms with van der Waals surface area (Å²) in [5, 5.41) is 10.9. The average Bonchev–Trinajstić information content (AvgIpc) is 2.88. The number of aryl methyl sites for hydroxylation is 1. The fourth-order valence-corrected chi connectivity index (χ4v) is 6.21. The first-order chi connectivity index (χ1) is 18.5. The van der Waals surface area contributed by atoms with Gasteiger partial charge < -0.3 is 19.1 Å². The molecule has 1 fully saturated rings. The van der Waals surface area contributed by atoms with Crippen LogP contribution in [0.5, 0.6) is 5.75 Å². The van der Waals surface area contributed by atoms with Gasteiger partial charge in [0, 0.05) is 73.4 Å². The van der Waals surface area contributed by atoms with Crippen molar-refractivity contribution in [2.45, 2.75) is 50.5 Å². The molecule has 0 N–H and O–H groups in total. The molecular formula is C26H34N4O7S2. The number of rotatable bonds is 10. The van der Waals surface area contributed by atoms with Crippen molar-refractivity contribution in [1.82, 2.24) is 14.8 Å². The van der Waals surface area contributed by atoms with Crippen molar-refractivity contribution >= 4 is 39.3 Å². The molecule has 1 amide bonds. The van der Waals surface area contributed by atoms with Gasteiger partial charge in [-0.25, -0.2) is 4.79 Å². The quantitative estimate of drug-likeness (QED) is 0.126. The summed E-state index contributed by atoms with van der Waals surface area (Å²) >= 11 is 0. The summed E-state index contributed by atoms with van der Waals surface area (Å²) in [7, 11) is 4.81. The van der Waals surface area contributed by atoms with E-state index in [1.165, 1.54) is 31.4 Å². The predicted molar refractivity (Wildman–Crippen MR) is 150 cm³/mol. The lowest BCUT2D eigenvalue weighted by molar-refractivity contribution is -0.384. The zero-order valence-electron chi connectivity index (χ0n) is 22.8. The smallest absolute Gasteiger partial charge is 0.429 e. The van der Waals surface area contributed by atoms with E-state index in [-0.39, 0.29) is 35.3 Å². The van der Waals surface area contributed by atoms with Gasteiger partial charge in [0.25, 0.3) is 5.69 Å². The lowest BCUT2D eigenvalue weighted by Gasteiger charge is -2.35. The second kappa shape index (κ2) is 14.0. The topological polar surface area (TPSA) is 124 Å². The maximum Gasteiger partial charge on any atom is 0.514 e. The molecule has 0 spiro atoms. The highest BCUT2D eigenvalue weighted by atomic mass is 33.1. The summed E-state index contributed by atoms with van der Waals surface area (Å²) in [5.41, 5.74) is 2.51. The van der Waals surface area contributed by atoms with Gasteiger partial charge in [0.05, 0.1) is 10.6 Å². The predicted octanol–water partition coefficient (Wildman–Crippen LogP) is 4.84. The Kier molecular flexibility index (Phi) is 11.0. The summed E-state index contributed by atoms with van der Waals surface area (Å²) in [4.78, 5) is 44.6. The van der Waals surface area contributed by atoms with Crippen molar-refractivity contribution < 1.29 is 28.7 Å². The van der Waals surface area contributed by atoms with Crippen LogP contribution in [0.15, 0.2) is 35.4 Å². The molecule has 2 heterocycles. The molecule has 1 saturated heterocycles. The number of hydrogen-bond acceptors (Lipinski definition) is 11. The molecule has 3 rings (SSSR count). The Hall–Kier alpha value is -2.87. The highest BCUT2D eigenvalue weighted by Gasteiger charge is 2.24. The third kappa shape index (κ3) is 9.38. The van der Waals surface area contributed by atoms with Gasteiger partial charge in [-0.1, -0.05) is 42.4 Å². The zero-order valence-corrected chi connectivity index (χ0v) is 24.4. The molecule has 1 aromatic carbocycles. The van der Waals surface area contributed by atoms with Crippen molar-refractivity contribution in [3.8, 4) is 5.75 Å². The monoisotopic (exact) mass is 578 g/mol. The van der Waals surface area contributed by atoms with E-state index in [9.17, 15) is 19.7 Å². The minimum Gasteiger partial charge on any atom is -0.429 e. The molecule has 11 nitrogen and oxygen atoms in total. The molecule has 0 bridgehead atoms. The number of carbonyl (C=O) groups excluding carboxylic acids is 2. The van der Waals surface area contributed by atoms with E-state index in [2.05, 4.69) is 30.7 Å². The number of aromatic nitrogens is 1. The van der Waals surface area contributed by atoms with Gasteiger partial charge in [-0.05, 0) is 24.6 Å². The number of hydrogen-bond donors (Lipinski definition) is 0. The number of ether oxygens (including phenoxy) is 3. The van der Waals surface area contributed by atoms with E-state index >= 15 is 0 Å². The molecule has 1 aromatic heterocycles. The second-order valence-corrected chi connectivity index (χ2v) is 12.9. The van der Waals surface area contributed by atoms with E-state index in [0.717, 1.165) is 21.7 Å². The molecule has 13 heteroatoms. The summed E-state index contributed by atoms with van der Waals surface area (Å²) < 4.78 is 15.7. The SMILES string of the molecule is COCC(=O)N1CCN(Cc2cnc(C)c(SSC(C)(C)C)c2COC(=O)Oc2ccc([N+](=O)[O-])cc2)CC1. The van der Waals surface area contributed by atoms with E-state index in [1.807, 2.05) is 13.1 Å². The highest BCUT2D eigenvalue weighted by Crippen LogP contribution is 2.43. The van der Waals surface area contributed by atoms with Gasteiger partial charge >= 0.3 is 6.16 Å². The van der Waals surface area contributed by atoms with Crippen LogP contribution in [0, 0.1) is 17.0 Å². The lowest BCUT2D eigenvalue weighted by Crippen LogP contribution is -2.49. The first kappa shape index (κ1) is 30.7. The first-order valence-corrected chi connectivity index (χ1v) is 14.5. The molecule has 1 aliphatic rings. The normalized spacial score (nSPS) is 14.2.